The lowest BCUT2D eigenvalue weighted by atomic mass is 9.96. The number of benzene rings is 2. The first-order valence-electron chi connectivity index (χ1n) is 6.63. The highest BCUT2D eigenvalue weighted by Crippen LogP contribution is 2.31. The molecule has 21 heavy (non-hydrogen) atoms. The minimum atomic E-state index is 0.000712. The van der Waals surface area contributed by atoms with E-state index in [4.69, 9.17) is 23.2 Å². The van der Waals surface area contributed by atoms with E-state index in [1.807, 2.05) is 31.3 Å². The predicted octanol–water partition coefficient (Wildman–Crippen LogP) is 3.80. The van der Waals surface area contributed by atoms with Gasteiger partial charge >= 0.3 is 0 Å². The van der Waals surface area contributed by atoms with Gasteiger partial charge in [-0.15, -0.1) is 0 Å². The molecule has 1 amide bonds. The minimum Gasteiger partial charge on any atom is -0.326 e. The molecule has 0 saturated carbocycles. The van der Waals surface area contributed by atoms with Crippen molar-refractivity contribution in [2.75, 3.05) is 12.4 Å². The molecule has 1 heterocycles. The molecule has 108 valence electrons. The summed E-state index contributed by atoms with van der Waals surface area (Å²) >= 11 is 12.1. The Kier molecular flexibility index (Phi) is 3.89. The molecule has 0 saturated heterocycles. The van der Waals surface area contributed by atoms with Gasteiger partial charge in [0.25, 0.3) is 0 Å². The molecule has 3 nitrogen and oxygen atoms in total. The molecule has 1 aliphatic rings. The van der Waals surface area contributed by atoms with Gasteiger partial charge in [-0.25, -0.2) is 0 Å². The van der Waals surface area contributed by atoms with Crippen LogP contribution in [0.5, 0.6) is 0 Å². The van der Waals surface area contributed by atoms with Crippen LogP contribution in [-0.2, 0) is 11.2 Å². The van der Waals surface area contributed by atoms with Crippen molar-refractivity contribution >= 4 is 34.8 Å². The Labute approximate surface area is 133 Å². The van der Waals surface area contributed by atoms with Crippen molar-refractivity contribution in [3.8, 4) is 0 Å². The van der Waals surface area contributed by atoms with Gasteiger partial charge in [-0.05, 0) is 41.9 Å². The first-order chi connectivity index (χ1) is 10.1. The summed E-state index contributed by atoms with van der Waals surface area (Å²) < 4.78 is 0. The number of hydrogen-bond donors (Lipinski definition) is 2. The van der Waals surface area contributed by atoms with Crippen LogP contribution in [0.1, 0.15) is 22.7 Å². The first kappa shape index (κ1) is 14.4. The first-order valence-corrected chi connectivity index (χ1v) is 7.39. The zero-order chi connectivity index (χ0) is 15.0. The quantitative estimate of drug-likeness (QED) is 0.903. The third kappa shape index (κ3) is 2.77. The number of amides is 1. The molecule has 1 unspecified atom stereocenters. The van der Waals surface area contributed by atoms with Gasteiger partial charge in [0.1, 0.15) is 0 Å². The number of anilines is 1. The summed E-state index contributed by atoms with van der Waals surface area (Å²) in [6, 6.07) is 11.6. The number of carbonyl (C=O) groups is 1. The standard InChI is InChI=1S/C16H14Cl2N2O/c1-19-16(10-2-4-12(17)13(18)7-10)9-3-5-14-11(6-9)8-15(21)20-14/h2-7,16,19H,8H2,1H3,(H,20,21). The fraction of sp³-hybridized carbons (Fsp3) is 0.188. The monoisotopic (exact) mass is 320 g/mol. The van der Waals surface area contributed by atoms with E-state index in [0.29, 0.717) is 16.5 Å². The summed E-state index contributed by atoms with van der Waals surface area (Å²) in [7, 11) is 1.89. The van der Waals surface area contributed by atoms with Crippen molar-refractivity contribution in [2.45, 2.75) is 12.5 Å². The van der Waals surface area contributed by atoms with Crippen LogP contribution in [-0.4, -0.2) is 13.0 Å². The average Bonchev–Trinajstić information content (AvgIpc) is 2.83. The molecular weight excluding hydrogens is 307 g/mol. The van der Waals surface area contributed by atoms with Gasteiger partial charge in [0, 0.05) is 5.69 Å². The fourth-order valence-electron chi connectivity index (χ4n) is 2.65. The molecule has 0 bridgehead atoms. The molecule has 0 aromatic heterocycles. The summed E-state index contributed by atoms with van der Waals surface area (Å²) in [5.41, 5.74) is 4.04. The second-order valence-electron chi connectivity index (χ2n) is 5.04. The highest BCUT2D eigenvalue weighted by Gasteiger charge is 2.20. The maximum atomic E-state index is 11.4. The molecule has 1 atom stereocenters. The summed E-state index contributed by atoms with van der Waals surface area (Å²) in [6.07, 6.45) is 0.432. The molecule has 0 radical (unpaired) electrons. The second-order valence-corrected chi connectivity index (χ2v) is 5.85. The minimum absolute atomic E-state index is 0.000712. The third-order valence-corrected chi connectivity index (χ3v) is 4.39. The Morgan fingerprint density at radius 2 is 1.81 bits per heavy atom. The maximum absolute atomic E-state index is 11.4. The molecule has 2 aromatic rings. The molecule has 3 rings (SSSR count). The van der Waals surface area contributed by atoms with E-state index in [2.05, 4.69) is 16.7 Å². The number of hydrogen-bond acceptors (Lipinski definition) is 2. The predicted molar refractivity (Wildman–Crippen MR) is 86.1 cm³/mol. The number of rotatable bonds is 3. The van der Waals surface area contributed by atoms with E-state index in [0.717, 1.165) is 22.4 Å². The van der Waals surface area contributed by atoms with Crippen LogP contribution in [0.25, 0.3) is 0 Å². The molecule has 0 spiro atoms. The maximum Gasteiger partial charge on any atom is 0.228 e. The smallest absolute Gasteiger partial charge is 0.228 e. The van der Waals surface area contributed by atoms with Crippen LogP contribution in [0, 0.1) is 0 Å². The van der Waals surface area contributed by atoms with Gasteiger partial charge in [0.15, 0.2) is 0 Å². The van der Waals surface area contributed by atoms with Crippen LogP contribution in [0.4, 0.5) is 5.69 Å². The van der Waals surface area contributed by atoms with Crippen molar-refractivity contribution in [1.29, 1.82) is 0 Å². The zero-order valence-corrected chi connectivity index (χ0v) is 12.9. The van der Waals surface area contributed by atoms with Gasteiger partial charge in [-0.1, -0.05) is 41.4 Å². The van der Waals surface area contributed by atoms with Crippen LogP contribution in [0.2, 0.25) is 10.0 Å². The van der Waals surface area contributed by atoms with E-state index >= 15 is 0 Å². The van der Waals surface area contributed by atoms with Crippen molar-refractivity contribution in [3.05, 3.63) is 63.1 Å². The summed E-state index contributed by atoms with van der Waals surface area (Å²) in [5, 5.41) is 7.19. The summed E-state index contributed by atoms with van der Waals surface area (Å²) in [4.78, 5) is 11.4. The van der Waals surface area contributed by atoms with Crippen molar-refractivity contribution in [2.24, 2.45) is 0 Å². The lowest BCUT2D eigenvalue weighted by molar-refractivity contribution is -0.115. The Bertz CT molecular complexity index is 715. The van der Waals surface area contributed by atoms with E-state index in [1.165, 1.54) is 0 Å². The fourth-order valence-corrected chi connectivity index (χ4v) is 2.95. The lowest BCUT2D eigenvalue weighted by Crippen LogP contribution is -2.17. The van der Waals surface area contributed by atoms with E-state index in [9.17, 15) is 4.79 Å². The highest BCUT2D eigenvalue weighted by atomic mass is 35.5. The van der Waals surface area contributed by atoms with Crippen LogP contribution >= 0.6 is 23.2 Å². The van der Waals surface area contributed by atoms with Gasteiger partial charge in [-0.3, -0.25) is 4.79 Å². The highest BCUT2D eigenvalue weighted by molar-refractivity contribution is 6.42. The number of carbonyl (C=O) groups excluding carboxylic acids is 1. The zero-order valence-electron chi connectivity index (χ0n) is 11.4. The topological polar surface area (TPSA) is 41.1 Å². The van der Waals surface area contributed by atoms with Crippen LogP contribution in [0.3, 0.4) is 0 Å². The SMILES string of the molecule is CNC(c1ccc(Cl)c(Cl)c1)c1ccc2c(c1)CC(=O)N2. The molecule has 0 fully saturated rings. The van der Waals surface area contributed by atoms with E-state index in [1.54, 1.807) is 6.07 Å². The van der Waals surface area contributed by atoms with E-state index < -0.39 is 0 Å². The Balaban J connectivity index is 1.98. The van der Waals surface area contributed by atoms with Crippen molar-refractivity contribution < 1.29 is 4.79 Å². The molecule has 1 aliphatic heterocycles. The normalized spacial score (nSPS) is 14.7. The van der Waals surface area contributed by atoms with Crippen molar-refractivity contribution in [1.82, 2.24) is 5.32 Å². The number of halogens is 2. The van der Waals surface area contributed by atoms with E-state index in [-0.39, 0.29) is 11.9 Å². The number of fused-ring (bicyclic) bond motifs is 1. The van der Waals surface area contributed by atoms with Crippen molar-refractivity contribution in [3.63, 3.8) is 0 Å². The van der Waals surface area contributed by atoms with Crippen LogP contribution < -0.4 is 10.6 Å². The summed E-state index contributed by atoms with van der Waals surface area (Å²) in [5.74, 6) is 0.0395. The van der Waals surface area contributed by atoms with Gasteiger partial charge in [-0.2, -0.15) is 0 Å². The van der Waals surface area contributed by atoms with Gasteiger partial charge in [0.2, 0.25) is 5.91 Å². The van der Waals surface area contributed by atoms with Gasteiger partial charge < -0.3 is 10.6 Å². The average molecular weight is 321 g/mol. The molecular formula is C16H14Cl2N2O. The van der Waals surface area contributed by atoms with Crippen LogP contribution in [0.15, 0.2) is 36.4 Å². The molecule has 2 aromatic carbocycles. The molecule has 2 N–H and O–H groups in total. The second kappa shape index (κ2) is 5.68. The third-order valence-electron chi connectivity index (χ3n) is 3.65. The Hall–Kier alpha value is -1.55. The lowest BCUT2D eigenvalue weighted by Gasteiger charge is -2.18. The Morgan fingerprint density at radius 1 is 1.10 bits per heavy atom. The number of nitrogens with one attached hydrogen (secondary N) is 2. The van der Waals surface area contributed by atoms with Gasteiger partial charge in [0.05, 0.1) is 22.5 Å². The molecule has 0 aliphatic carbocycles. The largest absolute Gasteiger partial charge is 0.326 e. The summed E-state index contributed by atoms with van der Waals surface area (Å²) in [6.45, 7) is 0. The Morgan fingerprint density at radius 3 is 2.52 bits per heavy atom. The molecule has 5 heteroatoms.